The third kappa shape index (κ3) is 4.09. The predicted octanol–water partition coefficient (Wildman–Crippen LogP) is 3.22. The highest BCUT2D eigenvalue weighted by molar-refractivity contribution is 6.30. The zero-order chi connectivity index (χ0) is 15.2. The topological polar surface area (TPSA) is 60.2 Å². The van der Waals surface area contributed by atoms with Crippen LogP contribution in [0.2, 0.25) is 5.02 Å². The summed E-state index contributed by atoms with van der Waals surface area (Å²) in [5.41, 5.74) is 8.09. The van der Waals surface area contributed by atoms with Crippen molar-refractivity contribution < 1.29 is 4.74 Å². The number of anilines is 1. The van der Waals surface area contributed by atoms with Crippen molar-refractivity contribution in [3.8, 4) is 5.75 Å². The van der Waals surface area contributed by atoms with Gasteiger partial charge >= 0.3 is 0 Å². The van der Waals surface area contributed by atoms with E-state index < -0.39 is 0 Å². The van der Waals surface area contributed by atoms with E-state index in [9.17, 15) is 0 Å². The highest BCUT2D eigenvalue weighted by Crippen LogP contribution is 2.26. The minimum Gasteiger partial charge on any atom is -0.497 e. The van der Waals surface area contributed by atoms with E-state index >= 15 is 0 Å². The average molecular weight is 306 g/mol. The van der Waals surface area contributed by atoms with Crippen molar-refractivity contribution in [1.29, 1.82) is 0 Å². The second-order valence-electron chi connectivity index (χ2n) is 4.79. The summed E-state index contributed by atoms with van der Waals surface area (Å²) in [6.07, 6.45) is 2.35. The number of hydrogen-bond donors (Lipinski definition) is 2. The molecule has 1 atom stereocenters. The quantitative estimate of drug-likeness (QED) is 0.860. The summed E-state index contributed by atoms with van der Waals surface area (Å²) in [7, 11) is 1.67. The molecule has 4 nitrogen and oxygen atoms in total. The monoisotopic (exact) mass is 305 g/mol. The standard InChI is InChI=1S/C16H20ClN3O/c1-3-19-15(14-9-12(17)10-20-16(14)18)8-11-5-4-6-13(7-11)21-2/h4-7,9-10,15,19H,3,8H2,1-2H3,(H2,18,20). The van der Waals surface area contributed by atoms with Gasteiger partial charge in [-0.1, -0.05) is 30.7 Å². The number of nitrogens with zero attached hydrogens (tertiary/aromatic N) is 1. The molecule has 0 bridgehead atoms. The van der Waals surface area contributed by atoms with Crippen LogP contribution in [0.3, 0.4) is 0 Å². The van der Waals surface area contributed by atoms with E-state index in [-0.39, 0.29) is 6.04 Å². The zero-order valence-corrected chi connectivity index (χ0v) is 13.0. The van der Waals surface area contributed by atoms with Crippen molar-refractivity contribution in [1.82, 2.24) is 10.3 Å². The zero-order valence-electron chi connectivity index (χ0n) is 12.3. The molecule has 2 aromatic rings. The first-order valence-corrected chi connectivity index (χ1v) is 7.29. The summed E-state index contributed by atoms with van der Waals surface area (Å²) in [5.74, 6) is 1.35. The van der Waals surface area contributed by atoms with E-state index in [4.69, 9.17) is 22.1 Å². The van der Waals surface area contributed by atoms with Crippen molar-refractivity contribution in [2.24, 2.45) is 0 Å². The maximum absolute atomic E-state index is 6.05. The lowest BCUT2D eigenvalue weighted by Gasteiger charge is -2.20. The summed E-state index contributed by atoms with van der Waals surface area (Å²) in [6.45, 7) is 2.90. The number of aromatic nitrogens is 1. The van der Waals surface area contributed by atoms with Crippen LogP contribution in [0.15, 0.2) is 36.5 Å². The predicted molar refractivity (Wildman–Crippen MR) is 86.8 cm³/mol. The van der Waals surface area contributed by atoms with Crippen LogP contribution in [-0.4, -0.2) is 18.6 Å². The van der Waals surface area contributed by atoms with Gasteiger partial charge in [-0.05, 0) is 36.7 Å². The Morgan fingerprint density at radius 1 is 1.38 bits per heavy atom. The molecule has 21 heavy (non-hydrogen) atoms. The number of nitrogens with two attached hydrogens (primary N) is 1. The van der Waals surface area contributed by atoms with Crippen LogP contribution in [0.1, 0.15) is 24.1 Å². The third-order valence-corrected chi connectivity index (χ3v) is 3.52. The van der Waals surface area contributed by atoms with Gasteiger partial charge in [0.25, 0.3) is 0 Å². The fourth-order valence-corrected chi connectivity index (χ4v) is 2.48. The minimum atomic E-state index is 0.0632. The first-order valence-electron chi connectivity index (χ1n) is 6.91. The molecule has 1 aromatic carbocycles. The number of halogens is 1. The molecule has 5 heteroatoms. The Morgan fingerprint density at radius 2 is 2.19 bits per heavy atom. The normalized spacial score (nSPS) is 12.1. The van der Waals surface area contributed by atoms with E-state index in [1.54, 1.807) is 13.3 Å². The second-order valence-corrected chi connectivity index (χ2v) is 5.23. The summed E-state index contributed by atoms with van der Waals surface area (Å²) in [6, 6.07) is 9.95. The van der Waals surface area contributed by atoms with Crippen molar-refractivity contribution in [3.05, 3.63) is 52.7 Å². The summed E-state index contributed by atoms with van der Waals surface area (Å²) < 4.78 is 5.27. The Balaban J connectivity index is 2.28. The van der Waals surface area contributed by atoms with E-state index in [1.165, 1.54) is 5.56 Å². The first kappa shape index (κ1) is 15.6. The van der Waals surface area contributed by atoms with Gasteiger partial charge in [0.1, 0.15) is 11.6 Å². The molecule has 0 aliphatic rings. The Hall–Kier alpha value is -1.78. The lowest BCUT2D eigenvalue weighted by atomic mass is 9.99. The van der Waals surface area contributed by atoms with Crippen LogP contribution >= 0.6 is 11.6 Å². The third-order valence-electron chi connectivity index (χ3n) is 3.32. The van der Waals surface area contributed by atoms with Crippen molar-refractivity contribution >= 4 is 17.4 Å². The van der Waals surface area contributed by atoms with Crippen LogP contribution in [0.5, 0.6) is 5.75 Å². The van der Waals surface area contributed by atoms with Crippen LogP contribution in [0.25, 0.3) is 0 Å². The molecule has 1 heterocycles. The largest absolute Gasteiger partial charge is 0.497 e. The Kier molecular flexibility index (Phi) is 5.42. The lowest BCUT2D eigenvalue weighted by Crippen LogP contribution is -2.24. The Morgan fingerprint density at radius 3 is 2.90 bits per heavy atom. The molecule has 1 aromatic heterocycles. The number of likely N-dealkylation sites (N-methyl/N-ethyl adjacent to an activating group) is 1. The Bertz CT molecular complexity index is 604. The maximum Gasteiger partial charge on any atom is 0.128 e. The van der Waals surface area contributed by atoms with Gasteiger partial charge in [-0.2, -0.15) is 0 Å². The highest BCUT2D eigenvalue weighted by atomic mass is 35.5. The fourth-order valence-electron chi connectivity index (χ4n) is 2.32. The number of nitrogen functional groups attached to an aromatic ring is 1. The van der Waals surface area contributed by atoms with Crippen LogP contribution in [0.4, 0.5) is 5.82 Å². The van der Waals surface area contributed by atoms with Gasteiger partial charge in [0.05, 0.1) is 12.1 Å². The number of nitrogens with one attached hydrogen (secondary N) is 1. The molecule has 0 saturated carbocycles. The second kappa shape index (κ2) is 7.29. The Labute approximate surface area is 130 Å². The molecular formula is C16H20ClN3O. The smallest absolute Gasteiger partial charge is 0.128 e. The molecule has 1 unspecified atom stereocenters. The molecule has 0 aliphatic heterocycles. The van der Waals surface area contributed by atoms with Crippen molar-refractivity contribution in [2.75, 3.05) is 19.4 Å². The summed E-state index contributed by atoms with van der Waals surface area (Å²) >= 11 is 6.05. The van der Waals surface area contributed by atoms with Crippen LogP contribution in [0, 0.1) is 0 Å². The molecule has 0 aliphatic carbocycles. The summed E-state index contributed by atoms with van der Waals surface area (Å²) in [4.78, 5) is 4.14. The summed E-state index contributed by atoms with van der Waals surface area (Å²) in [5, 5.41) is 4.02. The number of hydrogen-bond acceptors (Lipinski definition) is 4. The first-order chi connectivity index (χ1) is 10.1. The van der Waals surface area contributed by atoms with Gasteiger partial charge in [-0.25, -0.2) is 4.98 Å². The molecule has 0 radical (unpaired) electrons. The van der Waals surface area contributed by atoms with Crippen LogP contribution in [-0.2, 0) is 6.42 Å². The highest BCUT2D eigenvalue weighted by Gasteiger charge is 2.16. The fraction of sp³-hybridized carbons (Fsp3) is 0.312. The number of rotatable bonds is 6. The number of pyridine rings is 1. The maximum atomic E-state index is 6.05. The number of ether oxygens (including phenoxy) is 1. The van der Waals surface area contributed by atoms with Gasteiger partial charge in [-0.15, -0.1) is 0 Å². The average Bonchev–Trinajstić information content (AvgIpc) is 2.49. The van der Waals surface area contributed by atoms with E-state index in [0.29, 0.717) is 10.8 Å². The van der Waals surface area contributed by atoms with E-state index in [0.717, 1.165) is 24.3 Å². The van der Waals surface area contributed by atoms with Crippen molar-refractivity contribution in [3.63, 3.8) is 0 Å². The van der Waals surface area contributed by atoms with Gasteiger partial charge in [0.2, 0.25) is 0 Å². The molecule has 112 valence electrons. The van der Waals surface area contributed by atoms with E-state index in [1.807, 2.05) is 24.3 Å². The number of methoxy groups -OCH3 is 1. The molecule has 3 N–H and O–H groups in total. The lowest BCUT2D eigenvalue weighted by molar-refractivity contribution is 0.414. The minimum absolute atomic E-state index is 0.0632. The van der Waals surface area contributed by atoms with Gasteiger partial charge in [-0.3, -0.25) is 0 Å². The molecule has 0 spiro atoms. The molecule has 0 amide bonds. The van der Waals surface area contributed by atoms with Gasteiger partial charge in [0, 0.05) is 17.8 Å². The molecule has 0 fully saturated rings. The van der Waals surface area contributed by atoms with Crippen LogP contribution < -0.4 is 15.8 Å². The number of benzene rings is 1. The van der Waals surface area contributed by atoms with Gasteiger partial charge in [0.15, 0.2) is 0 Å². The molecule has 2 rings (SSSR count). The van der Waals surface area contributed by atoms with E-state index in [2.05, 4.69) is 23.3 Å². The van der Waals surface area contributed by atoms with Gasteiger partial charge < -0.3 is 15.8 Å². The molecular weight excluding hydrogens is 286 g/mol. The molecule has 0 saturated heterocycles. The van der Waals surface area contributed by atoms with Crippen molar-refractivity contribution in [2.45, 2.75) is 19.4 Å². The SMILES string of the molecule is CCNC(Cc1cccc(OC)c1)c1cc(Cl)cnc1N.